The van der Waals surface area contributed by atoms with Crippen LogP contribution in [0.1, 0.15) is 13.3 Å². The van der Waals surface area contributed by atoms with Gasteiger partial charge in [-0.3, -0.25) is 4.57 Å². The maximum Gasteiger partial charge on any atom is 0.206 e. The molecular formula is C5H10ClO2P. The molecule has 1 N–H and O–H groups in total. The molecule has 0 heterocycles. The van der Waals surface area contributed by atoms with Crippen LogP contribution in [0.3, 0.4) is 0 Å². The minimum Gasteiger partial charge on any atom is -0.345 e. The minimum absolute atomic E-state index is 0.426. The van der Waals surface area contributed by atoms with Crippen molar-refractivity contribution >= 4 is 19.6 Å². The predicted molar refractivity (Wildman–Crippen MR) is 40.3 cm³/mol. The number of hydrogen-bond donors (Lipinski definition) is 1. The molecule has 0 aromatic rings. The van der Waals surface area contributed by atoms with Crippen LogP contribution in [0.5, 0.6) is 0 Å². The molecule has 2 nitrogen and oxygen atoms in total. The Balaban J connectivity index is 3.63. The fourth-order valence-electron chi connectivity index (χ4n) is 0.393. The third-order valence-electron chi connectivity index (χ3n) is 0.796. The highest BCUT2D eigenvalue weighted by Gasteiger charge is 2.08. The lowest BCUT2D eigenvalue weighted by atomic mass is 10.3. The van der Waals surface area contributed by atoms with Crippen LogP contribution in [0, 0.1) is 0 Å². The molecule has 9 heavy (non-hydrogen) atoms. The van der Waals surface area contributed by atoms with Gasteiger partial charge in [0.25, 0.3) is 0 Å². The van der Waals surface area contributed by atoms with Crippen LogP contribution in [-0.2, 0) is 4.57 Å². The summed E-state index contributed by atoms with van der Waals surface area (Å²) in [6.07, 6.45) is 0.426. The van der Waals surface area contributed by atoms with E-state index in [4.69, 9.17) is 16.5 Å². The molecule has 0 aromatic carbocycles. The van der Waals surface area contributed by atoms with Crippen LogP contribution >= 0.6 is 19.6 Å². The number of alkyl halides is 1. The van der Waals surface area contributed by atoms with Crippen molar-refractivity contribution in [2.45, 2.75) is 18.5 Å². The molecule has 4 heteroatoms. The van der Waals surface area contributed by atoms with Gasteiger partial charge in [-0.2, -0.15) is 0 Å². The highest BCUT2D eigenvalue weighted by atomic mass is 35.5. The average Bonchev–Trinajstić information content (AvgIpc) is 1.63. The SMILES string of the molecule is C=C(C)CC(Cl)[PH](=O)O. The molecule has 0 amide bonds. The second kappa shape index (κ2) is 4.10. The zero-order chi connectivity index (χ0) is 7.44. The van der Waals surface area contributed by atoms with Crippen LogP contribution in [0.2, 0.25) is 0 Å². The summed E-state index contributed by atoms with van der Waals surface area (Å²) in [5.74, 6) is 0. The molecule has 0 aliphatic rings. The molecule has 0 bridgehead atoms. The van der Waals surface area contributed by atoms with Crippen molar-refractivity contribution in [1.82, 2.24) is 0 Å². The van der Waals surface area contributed by atoms with Crippen molar-refractivity contribution in [2.75, 3.05) is 0 Å². The summed E-state index contributed by atoms with van der Waals surface area (Å²) in [6, 6.07) is 0. The number of halogens is 1. The van der Waals surface area contributed by atoms with Gasteiger partial charge in [-0.1, -0.05) is 5.57 Å². The maximum atomic E-state index is 10.2. The lowest BCUT2D eigenvalue weighted by molar-refractivity contribution is 0.499. The second-order valence-corrected chi connectivity index (χ2v) is 4.23. The third-order valence-corrected chi connectivity index (χ3v) is 2.25. The van der Waals surface area contributed by atoms with E-state index >= 15 is 0 Å². The van der Waals surface area contributed by atoms with Gasteiger partial charge in [-0.05, 0) is 13.3 Å². The molecule has 0 spiro atoms. The van der Waals surface area contributed by atoms with E-state index in [-0.39, 0.29) is 0 Å². The van der Waals surface area contributed by atoms with Crippen LogP contribution in [0.25, 0.3) is 0 Å². The van der Waals surface area contributed by atoms with E-state index in [0.29, 0.717) is 6.42 Å². The number of rotatable bonds is 3. The first-order chi connectivity index (χ1) is 4.04. The third kappa shape index (κ3) is 4.71. The first-order valence-electron chi connectivity index (χ1n) is 2.55. The molecular weight excluding hydrogens is 158 g/mol. The summed E-state index contributed by atoms with van der Waals surface area (Å²) in [6.45, 7) is 5.34. The Morgan fingerprint density at radius 2 is 2.44 bits per heavy atom. The molecule has 2 atom stereocenters. The molecule has 0 aliphatic carbocycles. The quantitative estimate of drug-likeness (QED) is 0.398. The van der Waals surface area contributed by atoms with Crippen molar-refractivity contribution in [2.24, 2.45) is 0 Å². The lowest BCUT2D eigenvalue weighted by Crippen LogP contribution is -1.90. The Morgan fingerprint density at radius 3 is 2.56 bits per heavy atom. The summed E-state index contributed by atoms with van der Waals surface area (Å²) >= 11 is 5.43. The maximum absolute atomic E-state index is 10.2. The zero-order valence-corrected chi connectivity index (χ0v) is 6.98. The molecule has 0 saturated heterocycles. The molecule has 0 fully saturated rings. The van der Waals surface area contributed by atoms with Gasteiger partial charge in [0, 0.05) is 0 Å². The van der Waals surface area contributed by atoms with E-state index in [1.807, 2.05) is 0 Å². The van der Waals surface area contributed by atoms with E-state index in [2.05, 4.69) is 6.58 Å². The normalized spacial score (nSPS) is 16.8. The van der Waals surface area contributed by atoms with Crippen LogP contribution in [0.4, 0.5) is 0 Å². The van der Waals surface area contributed by atoms with E-state index in [1.165, 1.54) is 0 Å². The molecule has 0 aliphatic heterocycles. The Kier molecular flexibility index (Phi) is 4.20. The standard InChI is InChI=1S/C5H10ClO2P/c1-4(2)3-5(6)9(7)8/h5,9H,1,3H2,2H3,(H,7,8). The van der Waals surface area contributed by atoms with Gasteiger partial charge in [-0.25, -0.2) is 0 Å². The van der Waals surface area contributed by atoms with Gasteiger partial charge in [0.15, 0.2) is 0 Å². The van der Waals surface area contributed by atoms with Gasteiger partial charge in [-0.15, -0.1) is 18.2 Å². The van der Waals surface area contributed by atoms with Crippen molar-refractivity contribution < 1.29 is 9.46 Å². The lowest BCUT2D eigenvalue weighted by Gasteiger charge is -2.02. The summed E-state index contributed by atoms with van der Waals surface area (Å²) in [5, 5.41) is -0.632. The van der Waals surface area contributed by atoms with E-state index in [1.54, 1.807) is 6.92 Å². The summed E-state index contributed by atoms with van der Waals surface area (Å²) in [5.41, 5.74) is 0.836. The van der Waals surface area contributed by atoms with Gasteiger partial charge < -0.3 is 4.89 Å². The molecule has 0 radical (unpaired) electrons. The summed E-state index contributed by atoms with van der Waals surface area (Å²) in [7, 11) is -2.55. The van der Waals surface area contributed by atoms with Crippen molar-refractivity contribution in [1.29, 1.82) is 0 Å². The molecule has 2 unspecified atom stereocenters. The van der Waals surface area contributed by atoms with Gasteiger partial charge in [0.1, 0.15) is 5.12 Å². The number of allylic oxidation sites excluding steroid dienone is 1. The first-order valence-corrected chi connectivity index (χ1v) is 4.42. The van der Waals surface area contributed by atoms with Gasteiger partial charge in [0.2, 0.25) is 8.03 Å². The first kappa shape index (κ1) is 9.22. The van der Waals surface area contributed by atoms with E-state index < -0.39 is 13.1 Å². The highest BCUT2D eigenvalue weighted by molar-refractivity contribution is 7.41. The van der Waals surface area contributed by atoms with Crippen molar-refractivity contribution in [3.8, 4) is 0 Å². The van der Waals surface area contributed by atoms with Crippen LogP contribution in [-0.4, -0.2) is 10.0 Å². The summed E-state index contributed by atoms with van der Waals surface area (Å²) < 4.78 is 10.2. The summed E-state index contributed by atoms with van der Waals surface area (Å²) in [4.78, 5) is 8.44. The fourth-order valence-corrected chi connectivity index (χ4v) is 1.18. The van der Waals surface area contributed by atoms with Gasteiger partial charge in [0.05, 0.1) is 0 Å². The Bertz CT molecular complexity index is 135. The Hall–Kier alpha value is 0.220. The molecule has 0 saturated carbocycles. The molecule has 0 rings (SSSR count). The van der Waals surface area contributed by atoms with Crippen LogP contribution < -0.4 is 0 Å². The largest absolute Gasteiger partial charge is 0.345 e. The Labute approximate surface area is 60.4 Å². The Morgan fingerprint density at radius 1 is 2.00 bits per heavy atom. The zero-order valence-electron chi connectivity index (χ0n) is 5.22. The predicted octanol–water partition coefficient (Wildman–Crippen LogP) is 1.98. The highest BCUT2D eigenvalue weighted by Crippen LogP contribution is 2.30. The van der Waals surface area contributed by atoms with Crippen molar-refractivity contribution in [3.63, 3.8) is 0 Å². The molecule has 54 valence electrons. The van der Waals surface area contributed by atoms with E-state index in [0.717, 1.165) is 5.57 Å². The van der Waals surface area contributed by atoms with Crippen molar-refractivity contribution in [3.05, 3.63) is 12.2 Å². The number of hydrogen-bond acceptors (Lipinski definition) is 1. The monoisotopic (exact) mass is 168 g/mol. The van der Waals surface area contributed by atoms with Gasteiger partial charge >= 0.3 is 0 Å². The minimum atomic E-state index is -2.55. The second-order valence-electron chi connectivity index (χ2n) is 1.97. The smallest absolute Gasteiger partial charge is 0.206 e. The van der Waals surface area contributed by atoms with Crippen LogP contribution in [0.15, 0.2) is 12.2 Å². The topological polar surface area (TPSA) is 37.3 Å². The van der Waals surface area contributed by atoms with E-state index in [9.17, 15) is 4.57 Å². The molecule has 0 aromatic heterocycles. The average molecular weight is 169 g/mol. The fraction of sp³-hybridized carbons (Fsp3) is 0.600.